The zero-order chi connectivity index (χ0) is 15.5. The SMILES string of the molecule is Cc1cc2c(cc1C)[C@H](C(=O)NC1CC3(CC(N)C3)C1)CO2.Cl. The number of hydrogen-bond donors (Lipinski definition) is 2. The van der Waals surface area contributed by atoms with Crippen LogP contribution in [0.15, 0.2) is 12.1 Å². The largest absolute Gasteiger partial charge is 0.492 e. The molecule has 1 atom stereocenters. The minimum absolute atomic E-state index is 0. The van der Waals surface area contributed by atoms with Crippen molar-refractivity contribution in [1.29, 1.82) is 0 Å². The van der Waals surface area contributed by atoms with E-state index in [1.165, 1.54) is 11.1 Å². The van der Waals surface area contributed by atoms with Crippen molar-refractivity contribution in [2.45, 2.75) is 57.5 Å². The molecule has 2 fully saturated rings. The van der Waals surface area contributed by atoms with Crippen LogP contribution in [0.2, 0.25) is 0 Å². The number of rotatable bonds is 2. The van der Waals surface area contributed by atoms with Gasteiger partial charge >= 0.3 is 0 Å². The van der Waals surface area contributed by atoms with Crippen molar-refractivity contribution in [3.8, 4) is 5.75 Å². The average Bonchev–Trinajstić information content (AvgIpc) is 2.78. The standard InChI is InChI=1S/C18H24N2O2.ClH/c1-10-3-14-15(9-22-16(14)4-11(10)2)17(21)20-13-7-18(8-13)5-12(19)6-18;/h3-4,12-13,15H,5-9,19H2,1-2H3,(H,20,21);1H/t12?,13?,15-,18?;/m1./s1. The van der Waals surface area contributed by atoms with Crippen LogP contribution < -0.4 is 15.8 Å². The summed E-state index contributed by atoms with van der Waals surface area (Å²) in [6, 6.07) is 4.87. The second kappa shape index (κ2) is 5.67. The van der Waals surface area contributed by atoms with Gasteiger partial charge in [0.2, 0.25) is 5.91 Å². The molecule has 0 radical (unpaired) electrons. The molecule has 1 aromatic carbocycles. The normalized spacial score (nSPS) is 33.8. The summed E-state index contributed by atoms with van der Waals surface area (Å²) in [5.41, 5.74) is 9.81. The van der Waals surface area contributed by atoms with Gasteiger partial charge in [-0.2, -0.15) is 0 Å². The fraction of sp³-hybridized carbons (Fsp3) is 0.611. The van der Waals surface area contributed by atoms with Crippen LogP contribution in [0.25, 0.3) is 0 Å². The molecule has 2 saturated carbocycles. The highest BCUT2D eigenvalue weighted by molar-refractivity contribution is 5.86. The molecule has 126 valence electrons. The maximum Gasteiger partial charge on any atom is 0.231 e. The Labute approximate surface area is 143 Å². The fourth-order valence-corrected chi connectivity index (χ4v) is 4.46. The Hall–Kier alpha value is -1.26. The van der Waals surface area contributed by atoms with E-state index in [1.54, 1.807) is 0 Å². The number of amides is 1. The number of benzene rings is 1. The third kappa shape index (κ3) is 2.72. The van der Waals surface area contributed by atoms with Gasteiger partial charge < -0.3 is 15.8 Å². The Morgan fingerprint density at radius 3 is 2.52 bits per heavy atom. The van der Waals surface area contributed by atoms with E-state index < -0.39 is 0 Å². The van der Waals surface area contributed by atoms with Crippen molar-refractivity contribution in [2.75, 3.05) is 6.61 Å². The molecular weight excluding hydrogens is 312 g/mol. The number of aryl methyl sites for hydroxylation is 2. The van der Waals surface area contributed by atoms with Gasteiger partial charge in [0.15, 0.2) is 0 Å². The van der Waals surface area contributed by atoms with Gasteiger partial charge in [-0.05, 0) is 62.1 Å². The third-order valence-electron chi connectivity index (χ3n) is 5.82. The van der Waals surface area contributed by atoms with E-state index in [0.29, 0.717) is 24.1 Å². The Morgan fingerprint density at radius 2 is 1.87 bits per heavy atom. The highest BCUT2D eigenvalue weighted by atomic mass is 35.5. The molecule has 1 spiro atoms. The fourth-order valence-electron chi connectivity index (χ4n) is 4.46. The molecule has 0 bridgehead atoms. The van der Waals surface area contributed by atoms with Crippen LogP contribution in [0.3, 0.4) is 0 Å². The summed E-state index contributed by atoms with van der Waals surface area (Å²) >= 11 is 0. The van der Waals surface area contributed by atoms with E-state index in [4.69, 9.17) is 10.5 Å². The molecule has 1 amide bonds. The molecule has 3 aliphatic rings. The first-order valence-electron chi connectivity index (χ1n) is 8.26. The lowest BCUT2D eigenvalue weighted by Gasteiger charge is -2.57. The van der Waals surface area contributed by atoms with Gasteiger partial charge in [-0.1, -0.05) is 6.07 Å². The molecule has 4 nitrogen and oxygen atoms in total. The summed E-state index contributed by atoms with van der Waals surface area (Å²) < 4.78 is 5.71. The number of ether oxygens (including phenoxy) is 1. The van der Waals surface area contributed by atoms with Crippen LogP contribution in [0.1, 0.15) is 48.3 Å². The minimum atomic E-state index is -0.158. The first-order chi connectivity index (χ1) is 10.5. The number of nitrogens with one attached hydrogen (secondary N) is 1. The maximum absolute atomic E-state index is 12.6. The first-order valence-corrected chi connectivity index (χ1v) is 8.26. The van der Waals surface area contributed by atoms with Crippen molar-refractivity contribution in [3.63, 3.8) is 0 Å². The highest BCUT2D eigenvalue weighted by Gasteiger charge is 2.52. The molecule has 1 aromatic rings. The van der Waals surface area contributed by atoms with E-state index in [9.17, 15) is 4.79 Å². The summed E-state index contributed by atoms with van der Waals surface area (Å²) in [6.07, 6.45) is 4.46. The Morgan fingerprint density at radius 1 is 1.22 bits per heavy atom. The number of hydrogen-bond acceptors (Lipinski definition) is 3. The third-order valence-corrected chi connectivity index (χ3v) is 5.82. The molecule has 4 rings (SSSR count). The molecular formula is C18H25ClN2O2. The van der Waals surface area contributed by atoms with Crippen LogP contribution in [0.5, 0.6) is 5.75 Å². The van der Waals surface area contributed by atoms with Crippen LogP contribution in [0.4, 0.5) is 0 Å². The summed E-state index contributed by atoms with van der Waals surface area (Å²) in [7, 11) is 0. The van der Waals surface area contributed by atoms with Crippen molar-refractivity contribution in [1.82, 2.24) is 5.32 Å². The summed E-state index contributed by atoms with van der Waals surface area (Å²) in [6.45, 7) is 4.62. The monoisotopic (exact) mass is 336 g/mol. The number of halogens is 1. The second-order valence-corrected chi connectivity index (χ2v) is 7.62. The molecule has 0 unspecified atom stereocenters. The van der Waals surface area contributed by atoms with E-state index in [0.717, 1.165) is 37.0 Å². The van der Waals surface area contributed by atoms with Crippen LogP contribution in [-0.2, 0) is 4.79 Å². The summed E-state index contributed by atoms with van der Waals surface area (Å²) in [5, 5.41) is 3.21. The molecule has 5 heteroatoms. The molecule has 23 heavy (non-hydrogen) atoms. The predicted octanol–water partition coefficient (Wildman–Crippen LogP) is 2.59. The second-order valence-electron chi connectivity index (χ2n) is 7.62. The van der Waals surface area contributed by atoms with Crippen molar-refractivity contribution < 1.29 is 9.53 Å². The van der Waals surface area contributed by atoms with Gasteiger partial charge in [-0.15, -0.1) is 12.4 Å². The minimum Gasteiger partial charge on any atom is -0.492 e. The van der Waals surface area contributed by atoms with Gasteiger partial charge in [-0.3, -0.25) is 4.79 Å². The van der Waals surface area contributed by atoms with Crippen molar-refractivity contribution in [2.24, 2.45) is 11.1 Å². The quantitative estimate of drug-likeness (QED) is 0.872. The van der Waals surface area contributed by atoms with Crippen LogP contribution >= 0.6 is 12.4 Å². The Kier molecular flexibility index (Phi) is 4.09. The Balaban J connectivity index is 0.00000156. The van der Waals surface area contributed by atoms with Gasteiger partial charge in [-0.25, -0.2) is 0 Å². The van der Waals surface area contributed by atoms with Gasteiger partial charge in [0.1, 0.15) is 18.3 Å². The summed E-state index contributed by atoms with van der Waals surface area (Å²) in [5.74, 6) is 0.832. The zero-order valence-corrected chi connectivity index (χ0v) is 14.5. The average molecular weight is 337 g/mol. The first kappa shape index (κ1) is 16.6. The maximum atomic E-state index is 12.6. The zero-order valence-electron chi connectivity index (χ0n) is 13.7. The molecule has 2 aliphatic carbocycles. The smallest absolute Gasteiger partial charge is 0.231 e. The van der Waals surface area contributed by atoms with E-state index in [-0.39, 0.29) is 24.2 Å². The van der Waals surface area contributed by atoms with Crippen LogP contribution in [-0.4, -0.2) is 24.6 Å². The highest BCUT2D eigenvalue weighted by Crippen LogP contribution is 2.55. The summed E-state index contributed by atoms with van der Waals surface area (Å²) in [4.78, 5) is 12.6. The number of carbonyl (C=O) groups is 1. The van der Waals surface area contributed by atoms with Gasteiger partial charge in [0.25, 0.3) is 0 Å². The van der Waals surface area contributed by atoms with Gasteiger partial charge in [0, 0.05) is 17.6 Å². The lowest BCUT2D eigenvalue weighted by molar-refractivity contribution is -0.126. The number of carbonyl (C=O) groups excluding carboxylic acids is 1. The van der Waals surface area contributed by atoms with Crippen LogP contribution in [0, 0.1) is 19.3 Å². The lowest BCUT2D eigenvalue weighted by atomic mass is 9.52. The van der Waals surface area contributed by atoms with Gasteiger partial charge in [0.05, 0.1) is 0 Å². The van der Waals surface area contributed by atoms with E-state index in [2.05, 4.69) is 25.2 Å². The molecule has 0 aromatic heterocycles. The topological polar surface area (TPSA) is 64.4 Å². The molecule has 1 heterocycles. The predicted molar refractivity (Wildman–Crippen MR) is 92.2 cm³/mol. The van der Waals surface area contributed by atoms with Crippen molar-refractivity contribution in [3.05, 3.63) is 28.8 Å². The molecule has 1 aliphatic heterocycles. The Bertz CT molecular complexity index is 632. The van der Waals surface area contributed by atoms with E-state index in [1.807, 2.05) is 6.07 Å². The molecule has 3 N–H and O–H groups in total. The number of fused-ring (bicyclic) bond motifs is 1. The number of nitrogens with two attached hydrogens (primary N) is 1. The molecule has 0 saturated heterocycles. The van der Waals surface area contributed by atoms with E-state index >= 15 is 0 Å². The lowest BCUT2D eigenvalue weighted by Crippen LogP contribution is -2.60. The van der Waals surface area contributed by atoms with Crippen molar-refractivity contribution >= 4 is 18.3 Å².